The average Bonchev–Trinajstić information content (AvgIpc) is 2.11. The van der Waals surface area contributed by atoms with Crippen LogP contribution in [-0.4, -0.2) is 5.78 Å². The number of hydrogen-bond donors (Lipinski definition) is 0. The van der Waals surface area contributed by atoms with Crippen LogP contribution >= 0.6 is 15.9 Å². The average molecular weight is 257 g/mol. The minimum atomic E-state index is -0.335. The van der Waals surface area contributed by atoms with Gasteiger partial charge in [0.25, 0.3) is 0 Å². The predicted molar refractivity (Wildman–Crippen MR) is 57.6 cm³/mol. The second-order valence-corrected chi connectivity index (χ2v) is 3.97. The van der Waals surface area contributed by atoms with Crippen LogP contribution in [0.1, 0.15) is 12.5 Å². The molecule has 0 amide bonds. The van der Waals surface area contributed by atoms with Crippen LogP contribution in [0, 0.1) is 5.82 Å². The molecule has 0 fully saturated rings. The minimum absolute atomic E-state index is 0.0729. The molecular formula is C11H10BrFO. The first-order valence-corrected chi connectivity index (χ1v) is 4.92. The van der Waals surface area contributed by atoms with Gasteiger partial charge in [-0.25, -0.2) is 4.39 Å². The van der Waals surface area contributed by atoms with Gasteiger partial charge in [-0.1, -0.05) is 22.5 Å². The van der Waals surface area contributed by atoms with Crippen molar-refractivity contribution in [1.82, 2.24) is 0 Å². The van der Waals surface area contributed by atoms with Crippen LogP contribution in [0.15, 0.2) is 34.8 Å². The summed E-state index contributed by atoms with van der Waals surface area (Å²) in [5, 5.41) is 0. The van der Waals surface area contributed by atoms with Gasteiger partial charge in [-0.15, -0.1) is 0 Å². The summed E-state index contributed by atoms with van der Waals surface area (Å²) >= 11 is 3.26. The molecule has 1 nitrogen and oxygen atoms in total. The Morgan fingerprint density at radius 1 is 1.57 bits per heavy atom. The zero-order valence-electron chi connectivity index (χ0n) is 7.81. The van der Waals surface area contributed by atoms with Crippen LogP contribution < -0.4 is 0 Å². The number of carbonyl (C=O) groups is 1. The highest BCUT2D eigenvalue weighted by atomic mass is 79.9. The van der Waals surface area contributed by atoms with Gasteiger partial charge in [0.2, 0.25) is 0 Å². The van der Waals surface area contributed by atoms with Gasteiger partial charge < -0.3 is 0 Å². The summed E-state index contributed by atoms with van der Waals surface area (Å²) in [6.45, 7) is 5.19. The number of carbonyl (C=O) groups excluding carboxylic acids is 1. The van der Waals surface area contributed by atoms with Gasteiger partial charge in [0.05, 0.1) is 0 Å². The summed E-state index contributed by atoms with van der Waals surface area (Å²) in [4.78, 5) is 11.3. The molecule has 0 atom stereocenters. The highest BCUT2D eigenvalue weighted by Crippen LogP contribution is 2.19. The maximum Gasteiger partial charge on any atom is 0.162 e. The Balaban J connectivity index is 2.91. The Labute approximate surface area is 90.8 Å². The molecule has 1 aromatic carbocycles. The fourth-order valence-corrected chi connectivity index (χ4v) is 1.39. The van der Waals surface area contributed by atoms with Crippen molar-refractivity contribution in [1.29, 1.82) is 0 Å². The number of Topliss-reactive ketones (excluding diaryl/α,β-unsaturated/α-hetero) is 1. The highest BCUT2D eigenvalue weighted by molar-refractivity contribution is 9.10. The van der Waals surface area contributed by atoms with E-state index in [1.807, 2.05) is 0 Å². The summed E-state index contributed by atoms with van der Waals surface area (Å²) in [5.74, 6) is -0.408. The molecule has 0 unspecified atom stereocenters. The number of benzene rings is 1. The van der Waals surface area contributed by atoms with E-state index in [-0.39, 0.29) is 18.0 Å². The van der Waals surface area contributed by atoms with Crippen molar-refractivity contribution in [2.24, 2.45) is 0 Å². The van der Waals surface area contributed by atoms with E-state index in [1.165, 1.54) is 12.1 Å². The summed E-state index contributed by atoms with van der Waals surface area (Å²) < 4.78 is 13.6. The van der Waals surface area contributed by atoms with Crippen LogP contribution in [0.25, 0.3) is 0 Å². The van der Waals surface area contributed by atoms with Gasteiger partial charge in [-0.2, -0.15) is 0 Å². The lowest BCUT2D eigenvalue weighted by Crippen LogP contribution is -2.03. The number of rotatable bonds is 3. The Bertz CT molecular complexity index is 385. The molecule has 14 heavy (non-hydrogen) atoms. The van der Waals surface area contributed by atoms with Gasteiger partial charge in [-0.05, 0) is 36.3 Å². The first kappa shape index (κ1) is 11.1. The van der Waals surface area contributed by atoms with Gasteiger partial charge in [0.15, 0.2) is 5.78 Å². The molecule has 0 saturated carbocycles. The van der Waals surface area contributed by atoms with Crippen LogP contribution in [0.5, 0.6) is 0 Å². The smallest absolute Gasteiger partial charge is 0.162 e. The number of halogens is 2. The number of hydrogen-bond acceptors (Lipinski definition) is 1. The molecule has 1 rings (SSSR count). The molecule has 0 radical (unpaired) electrons. The predicted octanol–water partition coefficient (Wildman–Crippen LogP) is 3.28. The Kier molecular flexibility index (Phi) is 3.58. The van der Waals surface area contributed by atoms with Crippen molar-refractivity contribution < 1.29 is 9.18 Å². The van der Waals surface area contributed by atoms with Crippen molar-refractivity contribution in [2.45, 2.75) is 13.3 Å². The van der Waals surface area contributed by atoms with E-state index in [0.717, 1.165) is 4.47 Å². The molecule has 0 N–H and O–H groups in total. The van der Waals surface area contributed by atoms with E-state index in [1.54, 1.807) is 13.0 Å². The Morgan fingerprint density at radius 2 is 2.21 bits per heavy atom. The van der Waals surface area contributed by atoms with Gasteiger partial charge in [0, 0.05) is 10.9 Å². The van der Waals surface area contributed by atoms with E-state index >= 15 is 0 Å². The molecule has 0 spiro atoms. The highest BCUT2D eigenvalue weighted by Gasteiger charge is 2.08. The van der Waals surface area contributed by atoms with Gasteiger partial charge in [0.1, 0.15) is 5.82 Å². The number of allylic oxidation sites excluding steroid dienone is 1. The van der Waals surface area contributed by atoms with Crippen molar-refractivity contribution in [3.63, 3.8) is 0 Å². The summed E-state index contributed by atoms with van der Waals surface area (Å²) in [5.41, 5.74) is 1.14. The van der Waals surface area contributed by atoms with E-state index in [4.69, 9.17) is 0 Å². The zero-order chi connectivity index (χ0) is 10.7. The lowest BCUT2D eigenvalue weighted by atomic mass is 10.1. The molecule has 0 bridgehead atoms. The summed E-state index contributed by atoms with van der Waals surface area (Å²) in [6.07, 6.45) is 0.188. The first-order chi connectivity index (χ1) is 6.50. The fourth-order valence-electron chi connectivity index (χ4n) is 1.00. The summed E-state index contributed by atoms with van der Waals surface area (Å²) in [7, 11) is 0. The Hall–Kier alpha value is -0.960. The molecular weight excluding hydrogens is 247 g/mol. The van der Waals surface area contributed by atoms with Crippen molar-refractivity contribution in [3.05, 3.63) is 46.2 Å². The molecule has 0 saturated heterocycles. The normalized spacial score (nSPS) is 9.93. The van der Waals surface area contributed by atoms with Gasteiger partial charge >= 0.3 is 0 Å². The van der Waals surface area contributed by atoms with E-state index < -0.39 is 0 Å². The quantitative estimate of drug-likeness (QED) is 0.759. The number of ketones is 1. The fraction of sp³-hybridized carbons (Fsp3) is 0.182. The maximum atomic E-state index is 12.8. The molecule has 0 heterocycles. The van der Waals surface area contributed by atoms with Crippen LogP contribution in [-0.2, 0) is 11.2 Å². The molecule has 1 aromatic rings. The third kappa shape index (κ3) is 2.77. The monoisotopic (exact) mass is 256 g/mol. The van der Waals surface area contributed by atoms with Crippen LogP contribution in [0.4, 0.5) is 4.39 Å². The van der Waals surface area contributed by atoms with Crippen LogP contribution in [0.3, 0.4) is 0 Å². The topological polar surface area (TPSA) is 17.1 Å². The second-order valence-electron chi connectivity index (χ2n) is 3.12. The molecule has 74 valence electrons. The largest absolute Gasteiger partial charge is 0.294 e. The van der Waals surface area contributed by atoms with E-state index in [9.17, 15) is 9.18 Å². The minimum Gasteiger partial charge on any atom is -0.294 e. The Morgan fingerprint density at radius 3 is 2.79 bits per heavy atom. The summed E-state index contributed by atoms with van der Waals surface area (Å²) in [6, 6.07) is 4.29. The third-order valence-corrected chi connectivity index (χ3v) is 2.61. The molecule has 3 heteroatoms. The lowest BCUT2D eigenvalue weighted by Gasteiger charge is -2.03. The van der Waals surface area contributed by atoms with Crippen LogP contribution in [0.2, 0.25) is 0 Å². The first-order valence-electron chi connectivity index (χ1n) is 4.13. The standard InChI is InChI=1S/C11H10BrFO/c1-7(2)11(14)6-8-5-9(13)3-4-10(8)12/h3-5H,1,6H2,2H3. The zero-order valence-corrected chi connectivity index (χ0v) is 9.40. The third-order valence-electron chi connectivity index (χ3n) is 1.83. The molecule has 0 aliphatic rings. The molecule has 0 aromatic heterocycles. The van der Waals surface area contributed by atoms with Crippen molar-refractivity contribution in [3.8, 4) is 0 Å². The maximum absolute atomic E-state index is 12.8. The van der Waals surface area contributed by atoms with Gasteiger partial charge in [-0.3, -0.25) is 4.79 Å². The molecule has 0 aliphatic carbocycles. The SMILES string of the molecule is C=C(C)C(=O)Cc1cc(F)ccc1Br. The van der Waals surface area contributed by atoms with Crippen molar-refractivity contribution >= 4 is 21.7 Å². The molecule has 0 aliphatic heterocycles. The second kappa shape index (κ2) is 4.51. The van der Waals surface area contributed by atoms with E-state index in [2.05, 4.69) is 22.5 Å². The lowest BCUT2D eigenvalue weighted by molar-refractivity contribution is -0.114. The van der Waals surface area contributed by atoms with Crippen molar-refractivity contribution in [2.75, 3.05) is 0 Å². The van der Waals surface area contributed by atoms with E-state index in [0.29, 0.717) is 11.1 Å².